The second-order valence-corrected chi connectivity index (χ2v) is 20.8. The van der Waals surface area contributed by atoms with Gasteiger partial charge in [-0.2, -0.15) is 0 Å². The summed E-state index contributed by atoms with van der Waals surface area (Å²) < 4.78 is 0. The third-order valence-electron chi connectivity index (χ3n) is 16.8. The van der Waals surface area contributed by atoms with Crippen LogP contribution in [0, 0.1) is 0 Å². The molecule has 0 heteroatoms. The summed E-state index contributed by atoms with van der Waals surface area (Å²) in [4.78, 5) is 0. The molecule has 9 aromatic carbocycles. The lowest BCUT2D eigenvalue weighted by atomic mass is 9.75. The van der Waals surface area contributed by atoms with Gasteiger partial charge < -0.3 is 0 Å². The molecule has 4 unspecified atom stereocenters. The molecule has 0 radical (unpaired) electrons. The Hall–Kier alpha value is -7.28. The lowest BCUT2D eigenvalue weighted by Crippen LogP contribution is -2.19. The Bertz CT molecular complexity index is 3480. The molecule has 69 heavy (non-hydrogen) atoms. The molecule has 0 aromatic heterocycles. The van der Waals surface area contributed by atoms with Crippen molar-refractivity contribution in [1.82, 2.24) is 0 Å². The van der Waals surface area contributed by atoms with Crippen LogP contribution in [0.3, 0.4) is 0 Å². The fourth-order valence-corrected chi connectivity index (χ4v) is 13.3. The van der Waals surface area contributed by atoms with E-state index in [0.29, 0.717) is 23.7 Å². The maximum atomic E-state index is 2.61. The molecule has 4 aliphatic rings. The normalized spacial score (nSPS) is 16.6. The zero-order valence-corrected chi connectivity index (χ0v) is 39.8. The molecule has 1 spiro atoms. The standard InChI is InChI=1S/C69H58/c1-45-37-52-21-9-12-24-58(52)61-32-27-48(40-64(45)61)38-51(49-19-7-4-8-20-49)28-29-55-44-67-68(62-26-14-13-25-59(55)62)63-34-30-50(43-66(63)69(67)35-15-16-36-69)46(2)65(39-47-17-5-3-6-18-47)54-31-33-60-56(42-54)41-53-22-10-11-23-57(53)60/h3-27,30-36,40,42-46,51,65H,28-29,37-39,41H2,1-2H3. The van der Waals surface area contributed by atoms with E-state index < -0.39 is 0 Å². The highest BCUT2D eigenvalue weighted by molar-refractivity contribution is 6.05. The Balaban J connectivity index is 0.850. The van der Waals surface area contributed by atoms with E-state index in [1.807, 2.05) is 0 Å². The predicted molar refractivity (Wildman–Crippen MR) is 290 cm³/mol. The summed E-state index contributed by atoms with van der Waals surface area (Å²) in [6.07, 6.45) is 15.8. The number of benzene rings is 9. The van der Waals surface area contributed by atoms with Gasteiger partial charge in [0.15, 0.2) is 0 Å². The maximum Gasteiger partial charge on any atom is 0.0581 e. The van der Waals surface area contributed by atoms with Crippen molar-refractivity contribution < 1.29 is 0 Å². The highest BCUT2D eigenvalue weighted by Gasteiger charge is 2.42. The SMILES string of the molecule is CC1Cc2ccccc2-c2ccc(CC(CCc3cc4c(c5ccccc35)-c3ccc(C(C)C(Cc5ccccc5)c5ccc6c(c5)Cc5ccccc5-6)cc3C43C=CC=C3)c3ccccc3)cc21. The summed E-state index contributed by atoms with van der Waals surface area (Å²) in [5, 5.41) is 2.76. The van der Waals surface area contributed by atoms with Crippen LogP contribution in [0.25, 0.3) is 44.2 Å². The summed E-state index contributed by atoms with van der Waals surface area (Å²) in [5.41, 5.74) is 25.4. The van der Waals surface area contributed by atoms with Gasteiger partial charge in [-0.05, 0) is 173 Å². The van der Waals surface area contributed by atoms with Crippen molar-refractivity contribution in [3.8, 4) is 33.4 Å². The van der Waals surface area contributed by atoms with Crippen LogP contribution in [0.15, 0.2) is 218 Å². The average molecular weight is 887 g/mol. The third kappa shape index (κ3) is 7.18. The molecule has 0 amide bonds. The molecule has 0 nitrogen and oxygen atoms in total. The predicted octanol–water partition coefficient (Wildman–Crippen LogP) is 17.2. The van der Waals surface area contributed by atoms with Crippen LogP contribution in [-0.2, 0) is 37.5 Å². The van der Waals surface area contributed by atoms with Crippen LogP contribution in [0.2, 0.25) is 0 Å². The highest BCUT2D eigenvalue weighted by atomic mass is 14.4. The van der Waals surface area contributed by atoms with Crippen LogP contribution in [0.4, 0.5) is 0 Å². The smallest absolute Gasteiger partial charge is 0.0581 e. The summed E-state index contributed by atoms with van der Waals surface area (Å²) in [6.45, 7) is 4.89. The highest BCUT2D eigenvalue weighted by Crippen LogP contribution is 2.56. The zero-order chi connectivity index (χ0) is 46.1. The molecule has 334 valence electrons. The molecule has 0 fully saturated rings. The minimum atomic E-state index is -0.301. The van der Waals surface area contributed by atoms with Crippen LogP contribution in [0.1, 0.15) is 111 Å². The van der Waals surface area contributed by atoms with E-state index in [0.717, 1.165) is 38.5 Å². The van der Waals surface area contributed by atoms with Gasteiger partial charge in [0.05, 0.1) is 5.41 Å². The molecule has 0 bridgehead atoms. The number of hydrogen-bond acceptors (Lipinski definition) is 0. The van der Waals surface area contributed by atoms with Crippen LogP contribution in [-0.4, -0.2) is 0 Å². The number of fused-ring (bicyclic) bond motifs is 13. The second-order valence-electron chi connectivity index (χ2n) is 20.8. The Morgan fingerprint density at radius 3 is 1.96 bits per heavy atom. The zero-order valence-electron chi connectivity index (χ0n) is 39.8. The quantitative estimate of drug-likeness (QED) is 0.121. The molecule has 0 aliphatic heterocycles. The van der Waals surface area contributed by atoms with E-state index >= 15 is 0 Å². The van der Waals surface area contributed by atoms with Crippen molar-refractivity contribution >= 4 is 10.8 Å². The molecule has 9 aromatic rings. The number of aryl methyl sites for hydroxylation is 1. The van der Waals surface area contributed by atoms with Crippen LogP contribution >= 0.6 is 0 Å². The van der Waals surface area contributed by atoms with Crippen molar-refractivity contribution in [2.45, 2.75) is 81.5 Å². The van der Waals surface area contributed by atoms with Crippen molar-refractivity contribution in [3.05, 3.63) is 285 Å². The van der Waals surface area contributed by atoms with Crippen LogP contribution in [0.5, 0.6) is 0 Å². The monoisotopic (exact) mass is 886 g/mol. The number of hydrogen-bond donors (Lipinski definition) is 0. The molecule has 0 N–H and O–H groups in total. The minimum Gasteiger partial charge on any atom is -0.0658 e. The van der Waals surface area contributed by atoms with Gasteiger partial charge in [-0.3, -0.25) is 0 Å². The molecule has 4 atom stereocenters. The summed E-state index contributed by atoms with van der Waals surface area (Å²) >= 11 is 0. The van der Waals surface area contributed by atoms with Gasteiger partial charge in [0.2, 0.25) is 0 Å². The van der Waals surface area contributed by atoms with E-state index in [-0.39, 0.29) is 5.41 Å². The summed E-state index contributed by atoms with van der Waals surface area (Å²) in [6, 6.07) is 74.6. The van der Waals surface area contributed by atoms with Crippen molar-refractivity contribution in [1.29, 1.82) is 0 Å². The van der Waals surface area contributed by atoms with Gasteiger partial charge in [-0.25, -0.2) is 0 Å². The first kappa shape index (κ1) is 41.9. The maximum absolute atomic E-state index is 2.61. The Morgan fingerprint density at radius 2 is 1.14 bits per heavy atom. The first-order valence-corrected chi connectivity index (χ1v) is 25.6. The van der Waals surface area contributed by atoms with E-state index in [1.165, 1.54) is 111 Å². The minimum absolute atomic E-state index is 0.295. The summed E-state index contributed by atoms with van der Waals surface area (Å²) in [7, 11) is 0. The third-order valence-corrected chi connectivity index (χ3v) is 16.8. The number of rotatable bonds is 11. The fraction of sp³-hybridized carbons (Fsp3) is 0.188. The molecule has 13 rings (SSSR count). The fourth-order valence-electron chi connectivity index (χ4n) is 13.3. The first-order chi connectivity index (χ1) is 34.0. The van der Waals surface area contributed by atoms with E-state index in [4.69, 9.17) is 0 Å². The Morgan fingerprint density at radius 1 is 0.493 bits per heavy atom. The van der Waals surface area contributed by atoms with Crippen molar-refractivity contribution in [2.24, 2.45) is 0 Å². The van der Waals surface area contributed by atoms with Crippen molar-refractivity contribution in [2.75, 3.05) is 0 Å². The van der Waals surface area contributed by atoms with Gasteiger partial charge in [0.1, 0.15) is 0 Å². The van der Waals surface area contributed by atoms with Gasteiger partial charge >= 0.3 is 0 Å². The second kappa shape index (κ2) is 17.0. The van der Waals surface area contributed by atoms with E-state index in [2.05, 4.69) is 232 Å². The average Bonchev–Trinajstić information content (AvgIpc) is 4.12. The number of allylic oxidation sites excluding steroid dienone is 4. The van der Waals surface area contributed by atoms with Crippen molar-refractivity contribution in [3.63, 3.8) is 0 Å². The van der Waals surface area contributed by atoms with Gasteiger partial charge in [0.25, 0.3) is 0 Å². The lowest BCUT2D eigenvalue weighted by molar-refractivity contribution is 0.571. The molecule has 0 heterocycles. The first-order valence-electron chi connectivity index (χ1n) is 25.6. The Labute approximate surface area is 408 Å². The molecule has 0 saturated carbocycles. The summed E-state index contributed by atoms with van der Waals surface area (Å²) in [5.74, 6) is 1.52. The van der Waals surface area contributed by atoms with E-state index in [9.17, 15) is 0 Å². The van der Waals surface area contributed by atoms with Gasteiger partial charge in [-0.1, -0.05) is 232 Å². The molecular formula is C69H58. The molecular weight excluding hydrogens is 829 g/mol. The largest absolute Gasteiger partial charge is 0.0658 e. The molecule has 4 aliphatic carbocycles. The van der Waals surface area contributed by atoms with Gasteiger partial charge in [-0.15, -0.1) is 0 Å². The van der Waals surface area contributed by atoms with Gasteiger partial charge in [0, 0.05) is 0 Å². The topological polar surface area (TPSA) is 0 Å². The lowest BCUT2D eigenvalue weighted by Gasteiger charge is -2.28. The molecule has 0 saturated heterocycles. The van der Waals surface area contributed by atoms with Crippen LogP contribution < -0.4 is 0 Å². The van der Waals surface area contributed by atoms with E-state index in [1.54, 1.807) is 0 Å². The Kier molecular flexibility index (Phi) is 10.3.